The number of hydrogen-bond donors (Lipinski definition) is 1. The molecule has 0 bridgehead atoms. The highest BCUT2D eigenvalue weighted by Crippen LogP contribution is 1.93. The van der Waals surface area contributed by atoms with Gasteiger partial charge in [0.2, 0.25) is 0 Å². The number of H-pyrrole nitrogens is 1. The van der Waals surface area contributed by atoms with E-state index in [0.29, 0.717) is 6.42 Å². The molecule has 0 radical (unpaired) electrons. The minimum Gasteiger partial charge on any atom is -0.367 e. The summed E-state index contributed by atoms with van der Waals surface area (Å²) in [6.45, 7) is 0. The van der Waals surface area contributed by atoms with Crippen molar-refractivity contribution in [3.63, 3.8) is 0 Å². The maximum absolute atomic E-state index is 9.86. The van der Waals surface area contributed by atoms with Crippen LogP contribution in [0.2, 0.25) is 0 Å². The van der Waals surface area contributed by atoms with E-state index >= 15 is 0 Å². The summed E-state index contributed by atoms with van der Waals surface area (Å²) in [6.07, 6.45) is 5.03. The summed E-state index contributed by atoms with van der Waals surface area (Å²) < 4.78 is 0. The van der Waals surface area contributed by atoms with Crippen LogP contribution in [0.1, 0.15) is 5.56 Å². The third-order valence-corrected chi connectivity index (χ3v) is 0.981. The molecule has 0 spiro atoms. The van der Waals surface area contributed by atoms with E-state index < -0.39 is 0 Å². The summed E-state index contributed by atoms with van der Waals surface area (Å²) in [5.74, 6) is 0. The highest BCUT2D eigenvalue weighted by atomic mass is 16.1. The molecule has 0 saturated carbocycles. The summed E-state index contributed by atoms with van der Waals surface area (Å²) >= 11 is 0. The first kappa shape index (κ1) is 5.09. The topological polar surface area (TPSA) is 32.9 Å². The van der Waals surface area contributed by atoms with Gasteiger partial charge in [-0.15, -0.1) is 0 Å². The van der Waals surface area contributed by atoms with Gasteiger partial charge in [0, 0.05) is 18.8 Å². The van der Waals surface area contributed by atoms with Crippen molar-refractivity contribution in [2.45, 2.75) is 6.42 Å². The fraction of sp³-hybridized carbons (Fsp3) is 0.167. The Kier molecular flexibility index (Phi) is 1.47. The SMILES string of the molecule is O=CCc1cc[nH]c1. The third kappa shape index (κ3) is 0.964. The lowest BCUT2D eigenvalue weighted by Crippen LogP contribution is -1.78. The van der Waals surface area contributed by atoms with Crippen LogP contribution in [0.5, 0.6) is 0 Å². The lowest BCUT2D eigenvalue weighted by Gasteiger charge is -1.78. The smallest absolute Gasteiger partial charge is 0.124 e. The Balaban J connectivity index is 2.62. The molecule has 1 rings (SSSR count). The molecule has 1 heterocycles. The predicted molar refractivity (Wildman–Crippen MR) is 30.6 cm³/mol. The van der Waals surface area contributed by atoms with E-state index in [2.05, 4.69) is 4.98 Å². The van der Waals surface area contributed by atoms with Gasteiger partial charge in [-0.1, -0.05) is 0 Å². The van der Waals surface area contributed by atoms with Crippen molar-refractivity contribution in [2.24, 2.45) is 0 Å². The molecule has 8 heavy (non-hydrogen) atoms. The van der Waals surface area contributed by atoms with Crippen molar-refractivity contribution in [1.29, 1.82) is 0 Å². The molecular formula is C6H7NO. The highest BCUT2D eigenvalue weighted by molar-refractivity contribution is 5.54. The minimum atomic E-state index is 0.517. The van der Waals surface area contributed by atoms with Gasteiger partial charge >= 0.3 is 0 Å². The van der Waals surface area contributed by atoms with E-state index in [0.717, 1.165) is 11.8 Å². The Morgan fingerprint density at radius 2 is 2.62 bits per heavy atom. The molecular weight excluding hydrogens is 102 g/mol. The largest absolute Gasteiger partial charge is 0.367 e. The molecule has 0 fully saturated rings. The van der Waals surface area contributed by atoms with Crippen molar-refractivity contribution >= 4 is 6.29 Å². The predicted octanol–water partition coefficient (Wildman–Crippen LogP) is 0.756. The molecule has 1 N–H and O–H groups in total. The molecule has 0 aliphatic rings. The number of hydrogen-bond acceptors (Lipinski definition) is 1. The van der Waals surface area contributed by atoms with Gasteiger partial charge < -0.3 is 9.78 Å². The van der Waals surface area contributed by atoms with E-state index in [4.69, 9.17) is 0 Å². The van der Waals surface area contributed by atoms with Crippen LogP contribution >= 0.6 is 0 Å². The molecule has 0 aromatic carbocycles. The molecule has 1 aromatic rings. The Morgan fingerprint density at radius 1 is 1.75 bits per heavy atom. The van der Waals surface area contributed by atoms with Crippen molar-refractivity contribution in [1.82, 2.24) is 4.98 Å². The van der Waals surface area contributed by atoms with E-state index in [-0.39, 0.29) is 0 Å². The lowest BCUT2D eigenvalue weighted by atomic mass is 10.3. The molecule has 0 saturated heterocycles. The normalized spacial score (nSPS) is 9.00. The van der Waals surface area contributed by atoms with Gasteiger partial charge in [0.15, 0.2) is 0 Å². The van der Waals surface area contributed by atoms with E-state index in [1.165, 1.54) is 0 Å². The molecule has 0 amide bonds. The zero-order valence-corrected chi connectivity index (χ0v) is 4.42. The number of aldehydes is 1. The average molecular weight is 109 g/mol. The summed E-state index contributed by atoms with van der Waals surface area (Å²) in [5.41, 5.74) is 1.04. The van der Waals surface area contributed by atoms with Crippen LogP contribution in [-0.2, 0) is 11.2 Å². The van der Waals surface area contributed by atoms with Gasteiger partial charge in [-0.2, -0.15) is 0 Å². The van der Waals surface area contributed by atoms with Crippen LogP contribution in [0, 0.1) is 0 Å². The monoisotopic (exact) mass is 109 g/mol. The van der Waals surface area contributed by atoms with Crippen LogP contribution in [-0.4, -0.2) is 11.3 Å². The second kappa shape index (κ2) is 2.31. The first-order valence-electron chi connectivity index (χ1n) is 2.49. The summed E-state index contributed by atoms with van der Waals surface area (Å²) in [7, 11) is 0. The van der Waals surface area contributed by atoms with Gasteiger partial charge in [0.05, 0.1) is 0 Å². The first-order valence-corrected chi connectivity index (χ1v) is 2.49. The summed E-state index contributed by atoms with van der Waals surface area (Å²) in [5, 5.41) is 0. The summed E-state index contributed by atoms with van der Waals surface area (Å²) in [6, 6.07) is 1.88. The van der Waals surface area contributed by atoms with E-state index in [1.54, 1.807) is 6.20 Å². The van der Waals surface area contributed by atoms with Gasteiger partial charge in [-0.25, -0.2) is 0 Å². The molecule has 0 aliphatic carbocycles. The van der Waals surface area contributed by atoms with Crippen molar-refractivity contribution < 1.29 is 4.79 Å². The van der Waals surface area contributed by atoms with Crippen LogP contribution in [0.4, 0.5) is 0 Å². The fourth-order valence-corrected chi connectivity index (χ4v) is 0.582. The molecule has 1 aromatic heterocycles. The average Bonchev–Trinajstić information content (AvgIpc) is 2.19. The van der Waals surface area contributed by atoms with Gasteiger partial charge in [0.25, 0.3) is 0 Å². The molecule has 2 nitrogen and oxygen atoms in total. The molecule has 0 atom stereocenters. The number of aromatic nitrogens is 1. The van der Waals surface area contributed by atoms with Crippen molar-refractivity contribution in [3.05, 3.63) is 24.0 Å². The van der Waals surface area contributed by atoms with E-state index in [9.17, 15) is 4.79 Å². The van der Waals surface area contributed by atoms with Crippen molar-refractivity contribution in [3.8, 4) is 0 Å². The maximum Gasteiger partial charge on any atom is 0.124 e. The van der Waals surface area contributed by atoms with Gasteiger partial charge in [-0.3, -0.25) is 0 Å². The number of rotatable bonds is 2. The number of aromatic amines is 1. The van der Waals surface area contributed by atoms with Gasteiger partial charge in [0.1, 0.15) is 6.29 Å². The van der Waals surface area contributed by atoms with Crippen LogP contribution in [0.25, 0.3) is 0 Å². The summed E-state index contributed by atoms with van der Waals surface area (Å²) in [4.78, 5) is 12.7. The fourth-order valence-electron chi connectivity index (χ4n) is 0.582. The quantitative estimate of drug-likeness (QED) is 0.558. The molecule has 2 heteroatoms. The lowest BCUT2D eigenvalue weighted by molar-refractivity contribution is -0.107. The Hall–Kier alpha value is -1.05. The Bertz CT molecular complexity index is 155. The maximum atomic E-state index is 9.86. The van der Waals surface area contributed by atoms with Crippen LogP contribution in [0.15, 0.2) is 18.5 Å². The highest BCUT2D eigenvalue weighted by Gasteiger charge is 1.86. The molecule has 42 valence electrons. The Morgan fingerprint density at radius 3 is 3.12 bits per heavy atom. The number of carbonyl (C=O) groups is 1. The minimum absolute atomic E-state index is 0.517. The first-order chi connectivity index (χ1) is 3.93. The zero-order valence-electron chi connectivity index (χ0n) is 4.42. The number of carbonyl (C=O) groups excluding carboxylic acids is 1. The second-order valence-electron chi connectivity index (χ2n) is 1.59. The molecule has 0 unspecified atom stereocenters. The second-order valence-corrected chi connectivity index (χ2v) is 1.59. The molecule has 0 aliphatic heterocycles. The van der Waals surface area contributed by atoms with E-state index in [1.807, 2.05) is 12.3 Å². The third-order valence-electron chi connectivity index (χ3n) is 0.981. The van der Waals surface area contributed by atoms with Crippen molar-refractivity contribution in [2.75, 3.05) is 0 Å². The van der Waals surface area contributed by atoms with Crippen LogP contribution in [0.3, 0.4) is 0 Å². The Labute approximate surface area is 47.5 Å². The number of nitrogens with one attached hydrogen (secondary N) is 1. The standard InChI is InChI=1S/C6H7NO/c8-4-2-6-1-3-7-5-6/h1,3-5,7H,2H2. The zero-order chi connectivity index (χ0) is 5.82. The van der Waals surface area contributed by atoms with Crippen LogP contribution < -0.4 is 0 Å². The van der Waals surface area contributed by atoms with Gasteiger partial charge in [-0.05, 0) is 11.6 Å².